The summed E-state index contributed by atoms with van der Waals surface area (Å²) in [6.07, 6.45) is 0. The minimum absolute atomic E-state index is 0.0336. The molecule has 2 heterocycles. The van der Waals surface area contributed by atoms with E-state index in [9.17, 15) is 15.3 Å². The van der Waals surface area contributed by atoms with Crippen LogP contribution in [0.1, 0.15) is 16.0 Å². The van der Waals surface area contributed by atoms with E-state index in [2.05, 4.69) is 4.98 Å². The molecule has 116 valence electrons. The number of H-pyrrole nitrogens is 1. The molecular formula is C18H12N4OS. The largest absolute Gasteiger partial charge is 0.384 e. The molecule has 3 rings (SSSR count). The lowest BCUT2D eigenvalue weighted by Crippen LogP contribution is -2.16. The smallest absolute Gasteiger partial charge is 0.268 e. The second-order valence-electron chi connectivity index (χ2n) is 5.17. The van der Waals surface area contributed by atoms with Crippen LogP contribution in [0.3, 0.4) is 0 Å². The zero-order valence-electron chi connectivity index (χ0n) is 12.8. The van der Waals surface area contributed by atoms with Crippen LogP contribution in [0.4, 0.5) is 5.82 Å². The van der Waals surface area contributed by atoms with Gasteiger partial charge in [-0.1, -0.05) is 24.3 Å². The van der Waals surface area contributed by atoms with Crippen LogP contribution in [0, 0.1) is 29.6 Å². The normalized spacial score (nSPS) is 10.1. The van der Waals surface area contributed by atoms with Crippen molar-refractivity contribution in [2.75, 3.05) is 5.73 Å². The molecule has 0 amide bonds. The van der Waals surface area contributed by atoms with Crippen molar-refractivity contribution in [2.45, 2.75) is 6.92 Å². The Morgan fingerprint density at radius 1 is 1.04 bits per heavy atom. The molecule has 1 aromatic carbocycles. The molecule has 6 heteroatoms. The number of nitrogens with one attached hydrogen (secondary N) is 1. The third-order valence-corrected chi connectivity index (χ3v) is 4.70. The molecule has 0 atom stereocenters. The minimum Gasteiger partial charge on any atom is -0.384 e. The molecule has 0 aliphatic rings. The van der Waals surface area contributed by atoms with Gasteiger partial charge in [0.2, 0.25) is 0 Å². The molecule has 24 heavy (non-hydrogen) atoms. The summed E-state index contributed by atoms with van der Waals surface area (Å²) in [5.41, 5.74) is 6.98. The van der Waals surface area contributed by atoms with E-state index < -0.39 is 5.56 Å². The Bertz CT molecular complexity index is 1080. The van der Waals surface area contributed by atoms with Gasteiger partial charge < -0.3 is 10.7 Å². The number of hydrogen-bond donors (Lipinski definition) is 2. The number of nitrogens with zero attached hydrogens (tertiary/aromatic N) is 2. The number of benzene rings is 1. The Morgan fingerprint density at radius 3 is 2.29 bits per heavy atom. The summed E-state index contributed by atoms with van der Waals surface area (Å²) in [7, 11) is 0. The molecule has 0 aliphatic carbocycles. The third-order valence-electron chi connectivity index (χ3n) is 3.67. The van der Waals surface area contributed by atoms with Gasteiger partial charge in [-0.25, -0.2) is 0 Å². The summed E-state index contributed by atoms with van der Waals surface area (Å²) >= 11 is 1.60. The molecule has 0 bridgehead atoms. The van der Waals surface area contributed by atoms with Crippen LogP contribution < -0.4 is 11.3 Å². The van der Waals surface area contributed by atoms with Crippen LogP contribution in [0.2, 0.25) is 0 Å². The number of rotatable bonds is 2. The van der Waals surface area contributed by atoms with Gasteiger partial charge in [0, 0.05) is 15.3 Å². The summed E-state index contributed by atoms with van der Waals surface area (Å²) in [4.78, 5) is 16.6. The summed E-state index contributed by atoms with van der Waals surface area (Å²) in [6.45, 7) is 2.00. The molecule has 0 saturated heterocycles. The number of nitriles is 2. The maximum Gasteiger partial charge on any atom is 0.268 e. The maximum absolute atomic E-state index is 12.1. The van der Waals surface area contributed by atoms with Gasteiger partial charge in [-0.05, 0) is 30.2 Å². The van der Waals surface area contributed by atoms with Crippen LogP contribution in [0.5, 0.6) is 0 Å². The van der Waals surface area contributed by atoms with Crippen LogP contribution in [0.15, 0.2) is 41.2 Å². The van der Waals surface area contributed by atoms with E-state index >= 15 is 0 Å². The summed E-state index contributed by atoms with van der Waals surface area (Å²) < 4.78 is 0. The first-order chi connectivity index (χ1) is 11.6. The van der Waals surface area contributed by atoms with Crippen molar-refractivity contribution in [1.82, 2.24) is 4.98 Å². The van der Waals surface area contributed by atoms with Gasteiger partial charge in [0.25, 0.3) is 5.56 Å². The number of anilines is 1. The summed E-state index contributed by atoms with van der Waals surface area (Å²) in [5, 5.41) is 18.9. The van der Waals surface area contributed by atoms with Gasteiger partial charge in [0.15, 0.2) is 0 Å². The fraction of sp³-hybridized carbons (Fsp3) is 0.0556. The standard InChI is InChI=1S/C18H12N4OS/c1-10-6-7-15(24-10)11-4-2-3-5-12(11)16-13(8-19)17(21)22-18(23)14(16)9-20/h2-7H,1H3,(H3,21,22,23). The van der Waals surface area contributed by atoms with Crippen LogP contribution >= 0.6 is 11.3 Å². The van der Waals surface area contributed by atoms with Crippen LogP contribution in [-0.2, 0) is 0 Å². The number of aromatic amines is 1. The van der Waals surface area contributed by atoms with Gasteiger partial charge in [-0.15, -0.1) is 11.3 Å². The quantitative estimate of drug-likeness (QED) is 0.750. The first-order valence-corrected chi connectivity index (χ1v) is 7.90. The third kappa shape index (κ3) is 2.45. The summed E-state index contributed by atoms with van der Waals surface area (Å²) in [5.74, 6) is -0.0336. The number of thiophene rings is 1. The minimum atomic E-state index is -0.596. The molecule has 2 aromatic heterocycles. The number of hydrogen-bond acceptors (Lipinski definition) is 5. The Kier molecular flexibility index (Phi) is 3.91. The molecule has 0 spiro atoms. The molecule has 3 N–H and O–H groups in total. The SMILES string of the molecule is Cc1ccc(-c2ccccc2-c2c(C#N)c(N)[nH]c(=O)c2C#N)s1. The van der Waals surface area contributed by atoms with Crippen molar-refractivity contribution >= 4 is 17.2 Å². The second-order valence-corrected chi connectivity index (χ2v) is 6.46. The number of pyridine rings is 1. The van der Waals surface area contributed by atoms with Gasteiger partial charge in [0.05, 0.1) is 0 Å². The predicted octanol–water partition coefficient (Wildman–Crippen LogP) is 3.40. The van der Waals surface area contributed by atoms with E-state index in [4.69, 9.17) is 5.73 Å². The average Bonchev–Trinajstić information content (AvgIpc) is 3.00. The highest BCUT2D eigenvalue weighted by atomic mass is 32.1. The van der Waals surface area contributed by atoms with Crippen LogP contribution in [0.25, 0.3) is 21.6 Å². The highest BCUT2D eigenvalue weighted by Crippen LogP contribution is 2.38. The van der Waals surface area contributed by atoms with Crippen molar-refractivity contribution in [3.63, 3.8) is 0 Å². The second kappa shape index (κ2) is 6.04. The Morgan fingerprint density at radius 2 is 1.71 bits per heavy atom. The first-order valence-electron chi connectivity index (χ1n) is 7.09. The van der Waals surface area contributed by atoms with Crippen molar-refractivity contribution in [3.05, 3.63) is 62.8 Å². The van der Waals surface area contributed by atoms with Crippen molar-refractivity contribution in [3.8, 4) is 33.7 Å². The van der Waals surface area contributed by atoms with Gasteiger partial charge in [-0.2, -0.15) is 10.5 Å². The zero-order chi connectivity index (χ0) is 17.3. The van der Waals surface area contributed by atoms with E-state index in [1.165, 1.54) is 0 Å². The fourth-order valence-electron chi connectivity index (χ4n) is 2.61. The number of aromatic nitrogens is 1. The molecule has 3 aromatic rings. The number of nitrogens with two attached hydrogens (primary N) is 1. The number of nitrogen functional groups attached to an aromatic ring is 1. The predicted molar refractivity (Wildman–Crippen MR) is 94.4 cm³/mol. The number of aryl methyl sites for hydroxylation is 1. The van der Waals surface area contributed by atoms with Gasteiger partial charge >= 0.3 is 0 Å². The average molecular weight is 332 g/mol. The van der Waals surface area contributed by atoms with E-state index in [0.29, 0.717) is 5.56 Å². The monoisotopic (exact) mass is 332 g/mol. The lowest BCUT2D eigenvalue weighted by molar-refractivity contribution is 1.21. The topological polar surface area (TPSA) is 106 Å². The molecular weight excluding hydrogens is 320 g/mol. The summed E-state index contributed by atoms with van der Waals surface area (Å²) in [6, 6.07) is 15.3. The molecule has 0 fully saturated rings. The Balaban J connectivity index is 2.43. The molecule has 5 nitrogen and oxygen atoms in total. The zero-order valence-corrected chi connectivity index (χ0v) is 13.6. The van der Waals surface area contributed by atoms with Crippen molar-refractivity contribution in [2.24, 2.45) is 0 Å². The molecule has 0 aliphatic heterocycles. The van der Waals surface area contributed by atoms with E-state index in [-0.39, 0.29) is 22.5 Å². The van der Waals surface area contributed by atoms with Crippen molar-refractivity contribution in [1.29, 1.82) is 10.5 Å². The van der Waals surface area contributed by atoms with Gasteiger partial charge in [0.1, 0.15) is 29.1 Å². The maximum atomic E-state index is 12.1. The lowest BCUT2D eigenvalue weighted by atomic mass is 9.92. The Labute approximate surface area is 142 Å². The van der Waals surface area contributed by atoms with E-state index in [1.54, 1.807) is 23.5 Å². The molecule has 0 unspecified atom stereocenters. The fourth-order valence-corrected chi connectivity index (χ4v) is 3.51. The highest BCUT2D eigenvalue weighted by molar-refractivity contribution is 7.15. The van der Waals surface area contributed by atoms with E-state index in [0.717, 1.165) is 15.3 Å². The highest BCUT2D eigenvalue weighted by Gasteiger charge is 2.21. The van der Waals surface area contributed by atoms with Crippen molar-refractivity contribution < 1.29 is 0 Å². The van der Waals surface area contributed by atoms with E-state index in [1.807, 2.05) is 43.3 Å². The molecule has 0 radical (unpaired) electrons. The lowest BCUT2D eigenvalue weighted by Gasteiger charge is -2.12. The van der Waals surface area contributed by atoms with Gasteiger partial charge in [-0.3, -0.25) is 4.79 Å². The Hall–Kier alpha value is -3.35. The van der Waals surface area contributed by atoms with Crippen LogP contribution in [-0.4, -0.2) is 4.98 Å². The molecule has 0 saturated carbocycles. The first kappa shape index (κ1) is 15.5.